The van der Waals surface area contributed by atoms with E-state index in [4.69, 9.17) is 14.6 Å². The fourth-order valence-corrected chi connectivity index (χ4v) is 3.30. The second-order valence-corrected chi connectivity index (χ2v) is 6.60. The van der Waals surface area contributed by atoms with Gasteiger partial charge in [-0.2, -0.15) is 0 Å². The summed E-state index contributed by atoms with van der Waals surface area (Å²) in [5.41, 5.74) is 3.51. The quantitative estimate of drug-likeness (QED) is 0.654. The molecule has 3 aromatic rings. The van der Waals surface area contributed by atoms with E-state index in [0.29, 0.717) is 6.54 Å². The first-order valence-electron chi connectivity index (χ1n) is 9.25. The van der Waals surface area contributed by atoms with E-state index in [9.17, 15) is 0 Å². The molecule has 0 atom stereocenters. The molecule has 1 aliphatic heterocycles. The maximum absolute atomic E-state index is 5.50. The molecule has 0 radical (unpaired) electrons. The average Bonchev–Trinajstić information content (AvgIpc) is 2.75. The van der Waals surface area contributed by atoms with Crippen LogP contribution in [0.1, 0.15) is 5.56 Å². The summed E-state index contributed by atoms with van der Waals surface area (Å²) in [6.45, 7) is 3.91. The number of benzene rings is 2. The van der Waals surface area contributed by atoms with Crippen LogP contribution in [0.5, 0.6) is 5.75 Å². The summed E-state index contributed by atoms with van der Waals surface area (Å²) < 4.78 is 12.9. The van der Waals surface area contributed by atoms with Gasteiger partial charge in [0.2, 0.25) is 6.20 Å². The van der Waals surface area contributed by atoms with Crippen molar-refractivity contribution < 1.29 is 14.2 Å². The largest absolute Gasteiger partial charge is 0.497 e. The summed E-state index contributed by atoms with van der Waals surface area (Å²) in [5, 5.41) is 4.88. The SMILES string of the molecule is COc1cccc(C[n+]2cc(-c3ccccc3)cc(N3CCOCC3)n2)c1. The van der Waals surface area contributed by atoms with E-state index in [-0.39, 0.29) is 0 Å². The van der Waals surface area contributed by atoms with Crippen molar-refractivity contribution >= 4 is 5.82 Å². The Morgan fingerprint density at radius 1 is 1.00 bits per heavy atom. The molecule has 0 spiro atoms. The van der Waals surface area contributed by atoms with Crippen molar-refractivity contribution in [2.45, 2.75) is 6.54 Å². The second-order valence-electron chi connectivity index (χ2n) is 6.60. The minimum Gasteiger partial charge on any atom is -0.497 e. The van der Waals surface area contributed by atoms with Gasteiger partial charge in [-0.3, -0.25) is 0 Å². The molecular formula is C22H24N3O2+. The summed E-state index contributed by atoms with van der Waals surface area (Å²) in [5.74, 6) is 1.85. The molecular weight excluding hydrogens is 338 g/mol. The number of morpholine rings is 1. The molecule has 2 aromatic carbocycles. The topological polar surface area (TPSA) is 38.5 Å². The molecule has 0 amide bonds. The van der Waals surface area contributed by atoms with Crippen LogP contribution in [-0.4, -0.2) is 38.5 Å². The van der Waals surface area contributed by atoms with E-state index < -0.39 is 0 Å². The molecule has 0 bridgehead atoms. The minimum atomic E-state index is 0.690. The molecule has 1 saturated heterocycles. The van der Waals surface area contributed by atoms with Gasteiger partial charge in [-0.15, -0.1) is 0 Å². The molecule has 0 unspecified atom stereocenters. The van der Waals surface area contributed by atoms with Crippen molar-refractivity contribution in [3.63, 3.8) is 0 Å². The van der Waals surface area contributed by atoms with Gasteiger partial charge in [0.1, 0.15) is 5.75 Å². The first kappa shape index (κ1) is 17.5. The summed E-state index contributed by atoms with van der Waals surface area (Å²) >= 11 is 0. The molecule has 27 heavy (non-hydrogen) atoms. The summed E-state index contributed by atoms with van der Waals surface area (Å²) in [4.78, 5) is 2.29. The number of nitrogens with zero attached hydrogens (tertiary/aromatic N) is 3. The van der Waals surface area contributed by atoms with E-state index >= 15 is 0 Å². The van der Waals surface area contributed by atoms with E-state index in [0.717, 1.165) is 49.0 Å². The van der Waals surface area contributed by atoms with Gasteiger partial charge in [0.25, 0.3) is 0 Å². The number of methoxy groups -OCH3 is 1. The Bertz CT molecular complexity index is 893. The molecule has 5 nitrogen and oxygen atoms in total. The number of hydrogen-bond acceptors (Lipinski definition) is 4. The molecule has 4 rings (SSSR count). The molecule has 138 valence electrons. The summed E-state index contributed by atoms with van der Waals surface area (Å²) in [7, 11) is 1.69. The zero-order valence-corrected chi connectivity index (χ0v) is 15.5. The van der Waals surface area contributed by atoms with Crippen molar-refractivity contribution in [1.82, 2.24) is 5.10 Å². The molecule has 0 saturated carbocycles. The molecule has 1 aliphatic rings. The molecule has 0 aliphatic carbocycles. The fraction of sp³-hybridized carbons (Fsp3) is 0.273. The Labute approximate surface area is 159 Å². The number of aromatic nitrogens is 2. The van der Waals surface area contributed by atoms with Crippen LogP contribution in [0.25, 0.3) is 11.1 Å². The first-order valence-corrected chi connectivity index (χ1v) is 9.25. The smallest absolute Gasteiger partial charge is 0.204 e. The lowest BCUT2D eigenvalue weighted by Crippen LogP contribution is -2.43. The lowest BCUT2D eigenvalue weighted by molar-refractivity contribution is -0.744. The lowest BCUT2D eigenvalue weighted by atomic mass is 10.1. The standard InChI is InChI=1S/C22H24N3O2/c1-26-21-9-5-6-18(14-21)16-25-17-20(19-7-3-2-4-8-19)15-22(23-25)24-10-12-27-13-11-24/h2-9,14-15,17H,10-13,16H2,1H3/q+1. The normalized spacial score (nSPS) is 14.2. The Morgan fingerprint density at radius 2 is 1.81 bits per heavy atom. The van der Waals surface area contributed by atoms with Crippen LogP contribution in [0.4, 0.5) is 5.82 Å². The second kappa shape index (κ2) is 8.18. The predicted molar refractivity (Wildman–Crippen MR) is 105 cm³/mol. The molecule has 0 N–H and O–H groups in total. The third-order valence-corrected chi connectivity index (χ3v) is 4.72. The third-order valence-electron chi connectivity index (χ3n) is 4.72. The van der Waals surface area contributed by atoms with Crippen LogP contribution in [-0.2, 0) is 11.3 Å². The first-order chi connectivity index (χ1) is 13.3. The van der Waals surface area contributed by atoms with Crippen LogP contribution in [0.3, 0.4) is 0 Å². The van der Waals surface area contributed by atoms with Crippen LogP contribution >= 0.6 is 0 Å². The summed E-state index contributed by atoms with van der Waals surface area (Å²) in [6, 6.07) is 20.7. The Kier molecular flexibility index (Phi) is 5.30. The van der Waals surface area contributed by atoms with E-state index in [1.807, 2.05) is 22.9 Å². The highest BCUT2D eigenvalue weighted by molar-refractivity contribution is 5.64. The average molecular weight is 362 g/mol. The van der Waals surface area contributed by atoms with Crippen molar-refractivity contribution in [2.75, 3.05) is 38.3 Å². The fourth-order valence-electron chi connectivity index (χ4n) is 3.30. The van der Waals surface area contributed by atoms with Crippen LogP contribution in [0.2, 0.25) is 0 Å². The van der Waals surface area contributed by atoms with Gasteiger partial charge in [0.05, 0.1) is 25.9 Å². The Balaban J connectivity index is 1.70. The number of anilines is 1. The van der Waals surface area contributed by atoms with Gasteiger partial charge in [0, 0.05) is 29.8 Å². The van der Waals surface area contributed by atoms with Gasteiger partial charge >= 0.3 is 0 Å². The third kappa shape index (κ3) is 4.26. The lowest BCUT2D eigenvalue weighted by Gasteiger charge is -2.26. The van der Waals surface area contributed by atoms with Crippen molar-refractivity contribution in [3.8, 4) is 16.9 Å². The Morgan fingerprint density at radius 3 is 2.59 bits per heavy atom. The number of ether oxygens (including phenoxy) is 2. The van der Waals surface area contributed by atoms with E-state index in [1.54, 1.807) is 7.11 Å². The zero-order chi connectivity index (χ0) is 18.5. The molecule has 2 heterocycles. The van der Waals surface area contributed by atoms with Gasteiger partial charge in [-0.05, 0) is 17.7 Å². The summed E-state index contributed by atoms with van der Waals surface area (Å²) in [6.07, 6.45) is 2.11. The van der Waals surface area contributed by atoms with Crippen LogP contribution in [0.15, 0.2) is 66.9 Å². The van der Waals surface area contributed by atoms with Crippen LogP contribution in [0, 0.1) is 0 Å². The highest BCUT2D eigenvalue weighted by Crippen LogP contribution is 2.22. The highest BCUT2D eigenvalue weighted by Gasteiger charge is 2.19. The van der Waals surface area contributed by atoms with E-state index in [2.05, 4.69) is 53.6 Å². The number of rotatable bonds is 5. The van der Waals surface area contributed by atoms with Gasteiger partial charge in [-0.1, -0.05) is 47.1 Å². The predicted octanol–water partition coefficient (Wildman–Crippen LogP) is 2.93. The monoisotopic (exact) mass is 362 g/mol. The maximum atomic E-state index is 5.50. The maximum Gasteiger partial charge on any atom is 0.204 e. The molecule has 1 aromatic heterocycles. The van der Waals surface area contributed by atoms with Gasteiger partial charge < -0.3 is 14.4 Å². The van der Waals surface area contributed by atoms with Gasteiger partial charge in [-0.25, -0.2) is 0 Å². The van der Waals surface area contributed by atoms with Crippen molar-refractivity contribution in [2.24, 2.45) is 0 Å². The Hall–Kier alpha value is -2.92. The molecule has 1 fully saturated rings. The highest BCUT2D eigenvalue weighted by atomic mass is 16.5. The van der Waals surface area contributed by atoms with E-state index in [1.165, 1.54) is 5.56 Å². The van der Waals surface area contributed by atoms with Gasteiger partial charge in [0.15, 0.2) is 12.4 Å². The minimum absolute atomic E-state index is 0.690. The van der Waals surface area contributed by atoms with Crippen molar-refractivity contribution in [1.29, 1.82) is 0 Å². The number of hydrogen-bond donors (Lipinski definition) is 0. The molecule has 5 heteroatoms. The van der Waals surface area contributed by atoms with Crippen molar-refractivity contribution in [3.05, 3.63) is 72.4 Å². The van der Waals surface area contributed by atoms with Crippen LogP contribution < -0.4 is 14.3 Å². The zero-order valence-electron chi connectivity index (χ0n) is 15.5.